The van der Waals surface area contributed by atoms with E-state index < -0.39 is 12.1 Å². The molecule has 2 aromatic heterocycles. The summed E-state index contributed by atoms with van der Waals surface area (Å²) < 4.78 is 53.5. The van der Waals surface area contributed by atoms with Gasteiger partial charge in [-0.15, -0.1) is 11.3 Å². The second-order valence-corrected chi connectivity index (χ2v) is 7.69. The van der Waals surface area contributed by atoms with Gasteiger partial charge in [0.05, 0.1) is 10.7 Å². The highest BCUT2D eigenvalue weighted by Crippen LogP contribution is 2.29. The molecule has 11 heteroatoms. The van der Waals surface area contributed by atoms with Crippen LogP contribution in [0.1, 0.15) is 16.5 Å². The molecule has 0 aliphatic carbocycles. The highest BCUT2D eigenvalue weighted by Gasteiger charge is 2.38. The van der Waals surface area contributed by atoms with Crippen LogP contribution < -0.4 is 5.32 Å². The minimum absolute atomic E-state index is 0.0592. The molecule has 0 aliphatic heterocycles. The lowest BCUT2D eigenvalue weighted by Gasteiger charge is -1.97. The van der Waals surface area contributed by atoms with E-state index in [1.807, 2.05) is 18.4 Å². The first-order valence-corrected chi connectivity index (χ1v) is 10.5. The van der Waals surface area contributed by atoms with E-state index in [1.165, 1.54) is 23.5 Å². The summed E-state index contributed by atoms with van der Waals surface area (Å²) in [6.07, 6.45) is -3.21. The summed E-state index contributed by atoms with van der Waals surface area (Å²) in [7, 11) is 0. The van der Waals surface area contributed by atoms with Crippen LogP contribution in [0.5, 0.6) is 0 Å². The first-order valence-electron chi connectivity index (χ1n) is 9.61. The number of aromatic nitrogens is 3. The van der Waals surface area contributed by atoms with Gasteiger partial charge in [-0.25, -0.2) is 9.37 Å². The van der Waals surface area contributed by atoms with E-state index in [0.717, 1.165) is 21.8 Å². The van der Waals surface area contributed by atoms with E-state index in [9.17, 15) is 22.4 Å². The number of nitrogens with one attached hydrogen (secondary N) is 1. The predicted octanol–water partition coefficient (Wildman–Crippen LogP) is 5.30. The average Bonchev–Trinajstić information content (AvgIpc) is 3.45. The van der Waals surface area contributed by atoms with Crippen molar-refractivity contribution in [2.24, 2.45) is 0 Å². The molecule has 6 nitrogen and oxygen atoms in total. The third-order valence-electron chi connectivity index (χ3n) is 4.20. The van der Waals surface area contributed by atoms with Crippen LogP contribution in [-0.2, 0) is 17.4 Å². The fourth-order valence-corrected chi connectivity index (χ4v) is 3.46. The van der Waals surface area contributed by atoms with Crippen LogP contribution in [0, 0.1) is 12.7 Å². The summed E-state index contributed by atoms with van der Waals surface area (Å²) in [6, 6.07) is 13.1. The van der Waals surface area contributed by atoms with E-state index in [-0.39, 0.29) is 11.6 Å². The zero-order valence-electron chi connectivity index (χ0n) is 17.3. The van der Waals surface area contributed by atoms with Crippen molar-refractivity contribution in [1.29, 1.82) is 0 Å². The molecule has 4 aromatic rings. The first kappa shape index (κ1) is 24.1. The maximum atomic E-state index is 12.8. The number of hydrogen-bond donors (Lipinski definition) is 1. The van der Waals surface area contributed by atoms with Gasteiger partial charge >= 0.3 is 12.1 Å². The number of halogens is 4. The molecule has 172 valence electrons. The monoisotopic (exact) mass is 478 g/mol. The molecule has 0 radical (unpaired) electrons. The summed E-state index contributed by atoms with van der Waals surface area (Å²) in [5, 5.41) is 8.77. The molecule has 0 aliphatic rings. The van der Waals surface area contributed by atoms with Crippen LogP contribution in [0.4, 0.5) is 17.6 Å². The Bertz CT molecular complexity index is 1190. The molecular formula is C22H18F4N4O2S. The van der Waals surface area contributed by atoms with Crippen LogP contribution in [0.3, 0.4) is 0 Å². The molecule has 0 spiro atoms. The van der Waals surface area contributed by atoms with E-state index in [4.69, 9.17) is 0 Å². The van der Waals surface area contributed by atoms with Crippen molar-refractivity contribution in [2.45, 2.75) is 19.5 Å². The molecule has 0 saturated heterocycles. The number of aryl methyl sites for hydroxylation is 1. The lowest BCUT2D eigenvalue weighted by Crippen LogP contribution is -2.14. The van der Waals surface area contributed by atoms with Crippen LogP contribution in [0.15, 0.2) is 58.4 Å². The number of nitrogens with zero attached hydrogens (tertiary/aromatic N) is 3. The number of thiazole rings is 1. The van der Waals surface area contributed by atoms with Gasteiger partial charge in [-0.2, -0.15) is 18.2 Å². The van der Waals surface area contributed by atoms with E-state index in [2.05, 4.69) is 25.0 Å². The van der Waals surface area contributed by atoms with Gasteiger partial charge in [0.15, 0.2) is 0 Å². The van der Waals surface area contributed by atoms with Gasteiger partial charge in [-0.1, -0.05) is 28.9 Å². The molecule has 0 unspecified atom stereocenters. The molecular weight excluding hydrogens is 460 g/mol. The maximum absolute atomic E-state index is 12.8. The smallest absolute Gasteiger partial charge is 0.358 e. The summed E-state index contributed by atoms with van der Waals surface area (Å²) >= 11 is 1.54. The molecule has 0 saturated carbocycles. The molecule has 1 N–H and O–H groups in total. The molecule has 4 rings (SSSR count). The van der Waals surface area contributed by atoms with Crippen LogP contribution in [0.25, 0.3) is 22.6 Å². The number of rotatable bonds is 6. The highest BCUT2D eigenvalue weighted by molar-refractivity contribution is 7.09. The van der Waals surface area contributed by atoms with Gasteiger partial charge in [0, 0.05) is 29.5 Å². The standard InChI is InChI=1S/C12H11FN2OS.C10H7F3N2O/c13-10-3-1-9(2-4-10)11-7-17-12(15-11)5-6-14-8-16;1-6-3-2-4-7(5-6)8-14-9(16-15-8)10(11,12)13/h1-4,7-8H,5-6H2,(H,14,16);2-5H,1H3. The van der Waals surface area contributed by atoms with Crippen molar-refractivity contribution in [2.75, 3.05) is 6.54 Å². The highest BCUT2D eigenvalue weighted by atomic mass is 32.1. The summed E-state index contributed by atoms with van der Waals surface area (Å²) in [5.74, 6) is -1.64. The van der Waals surface area contributed by atoms with Gasteiger partial charge in [0.2, 0.25) is 12.2 Å². The van der Waals surface area contributed by atoms with Gasteiger partial charge < -0.3 is 9.84 Å². The topological polar surface area (TPSA) is 80.9 Å². The maximum Gasteiger partial charge on any atom is 0.471 e. The molecule has 0 fully saturated rings. The van der Waals surface area contributed by atoms with Gasteiger partial charge in [0.1, 0.15) is 5.82 Å². The van der Waals surface area contributed by atoms with Crippen molar-refractivity contribution < 1.29 is 26.9 Å². The molecule has 2 aromatic carbocycles. The number of amides is 1. The Morgan fingerprint density at radius 3 is 2.48 bits per heavy atom. The van der Waals surface area contributed by atoms with Crippen LogP contribution in [0.2, 0.25) is 0 Å². The Morgan fingerprint density at radius 1 is 1.09 bits per heavy atom. The largest absolute Gasteiger partial charge is 0.471 e. The minimum atomic E-state index is -4.60. The normalized spacial score (nSPS) is 10.9. The molecule has 1 amide bonds. The zero-order chi connectivity index (χ0) is 23.8. The van der Waals surface area contributed by atoms with Crippen molar-refractivity contribution in [3.63, 3.8) is 0 Å². The Hall–Kier alpha value is -3.60. The fourth-order valence-electron chi connectivity index (χ4n) is 2.66. The number of alkyl halides is 3. The van der Waals surface area contributed by atoms with E-state index >= 15 is 0 Å². The lowest BCUT2D eigenvalue weighted by atomic mass is 10.1. The molecule has 33 heavy (non-hydrogen) atoms. The van der Waals surface area contributed by atoms with Gasteiger partial charge in [-0.05, 0) is 37.3 Å². The summed E-state index contributed by atoms with van der Waals surface area (Å²) in [4.78, 5) is 17.8. The molecule has 2 heterocycles. The Morgan fingerprint density at radius 2 is 1.85 bits per heavy atom. The minimum Gasteiger partial charge on any atom is -0.358 e. The van der Waals surface area contributed by atoms with Crippen LogP contribution in [-0.4, -0.2) is 28.1 Å². The zero-order valence-corrected chi connectivity index (χ0v) is 18.1. The Labute approximate surface area is 190 Å². The quantitative estimate of drug-likeness (QED) is 0.231. The SMILES string of the molecule is Cc1cccc(-c2noc(C(F)(F)F)n2)c1.O=CNCCc1nc(-c2ccc(F)cc2)cs1. The van der Waals surface area contributed by atoms with E-state index in [1.54, 1.807) is 30.3 Å². The number of hydrogen-bond acceptors (Lipinski definition) is 6. The third-order valence-corrected chi connectivity index (χ3v) is 5.11. The summed E-state index contributed by atoms with van der Waals surface area (Å²) in [5.41, 5.74) is 3.16. The second-order valence-electron chi connectivity index (χ2n) is 6.75. The Kier molecular flexibility index (Phi) is 7.88. The van der Waals surface area contributed by atoms with Crippen molar-refractivity contribution >= 4 is 17.7 Å². The predicted molar refractivity (Wildman–Crippen MR) is 115 cm³/mol. The molecule has 0 atom stereocenters. The van der Waals surface area contributed by atoms with Crippen molar-refractivity contribution in [3.05, 3.63) is 76.2 Å². The molecule has 0 bridgehead atoms. The second kappa shape index (κ2) is 10.8. The fraction of sp³-hybridized carbons (Fsp3) is 0.182. The summed E-state index contributed by atoms with van der Waals surface area (Å²) in [6.45, 7) is 2.41. The van der Waals surface area contributed by atoms with Gasteiger partial charge in [0.25, 0.3) is 0 Å². The third kappa shape index (κ3) is 6.94. The lowest BCUT2D eigenvalue weighted by molar-refractivity contribution is -0.159. The van der Waals surface area contributed by atoms with Crippen LogP contribution >= 0.6 is 11.3 Å². The average molecular weight is 478 g/mol. The van der Waals surface area contributed by atoms with E-state index in [0.29, 0.717) is 24.9 Å². The Balaban J connectivity index is 0.000000186. The van der Waals surface area contributed by atoms with Crippen molar-refractivity contribution in [1.82, 2.24) is 20.4 Å². The first-order chi connectivity index (χ1) is 15.8. The number of carbonyl (C=O) groups excluding carboxylic acids is 1. The van der Waals surface area contributed by atoms with Gasteiger partial charge in [-0.3, -0.25) is 4.79 Å². The van der Waals surface area contributed by atoms with Crippen molar-refractivity contribution in [3.8, 4) is 22.6 Å². The number of benzene rings is 2. The number of carbonyl (C=O) groups is 1.